The van der Waals surface area contributed by atoms with Crippen molar-refractivity contribution in [1.82, 2.24) is 25.6 Å². The summed E-state index contributed by atoms with van der Waals surface area (Å²) in [6, 6.07) is 0. The summed E-state index contributed by atoms with van der Waals surface area (Å²) in [6.45, 7) is 1.17. The van der Waals surface area contributed by atoms with Gasteiger partial charge >= 0.3 is 0 Å². The Labute approximate surface area is 84.8 Å². The molecule has 8 heteroatoms. The van der Waals surface area contributed by atoms with Gasteiger partial charge in [0, 0.05) is 6.54 Å². The van der Waals surface area contributed by atoms with Crippen molar-refractivity contribution in [3.63, 3.8) is 0 Å². The van der Waals surface area contributed by atoms with E-state index >= 15 is 0 Å². The predicted octanol–water partition coefficient (Wildman–Crippen LogP) is -0.670. The van der Waals surface area contributed by atoms with Crippen LogP contribution in [0.1, 0.15) is 5.89 Å². The van der Waals surface area contributed by atoms with Crippen molar-refractivity contribution in [3.05, 3.63) is 12.1 Å². The van der Waals surface area contributed by atoms with Crippen LogP contribution in [0.5, 0.6) is 0 Å². The smallest absolute Gasteiger partial charge is 0.253 e. The summed E-state index contributed by atoms with van der Waals surface area (Å²) in [5, 5.41) is 13.6. The van der Waals surface area contributed by atoms with Gasteiger partial charge in [0.2, 0.25) is 5.82 Å². The van der Waals surface area contributed by atoms with Gasteiger partial charge in [0.15, 0.2) is 5.69 Å². The Hall–Kier alpha value is -1.80. The summed E-state index contributed by atoms with van der Waals surface area (Å²) < 4.78 is 10.1. The molecule has 0 aliphatic rings. The fourth-order valence-corrected chi connectivity index (χ4v) is 0.970. The Morgan fingerprint density at radius 2 is 2.47 bits per heavy atom. The van der Waals surface area contributed by atoms with Gasteiger partial charge in [0.1, 0.15) is 6.61 Å². The van der Waals surface area contributed by atoms with Gasteiger partial charge in [0.05, 0.1) is 12.8 Å². The molecule has 0 saturated carbocycles. The molecule has 0 radical (unpaired) electrons. The van der Waals surface area contributed by atoms with Gasteiger partial charge in [-0.2, -0.15) is 20.4 Å². The first-order valence-electron chi connectivity index (χ1n) is 4.36. The minimum absolute atomic E-state index is 0.252. The van der Waals surface area contributed by atoms with Crippen molar-refractivity contribution in [2.75, 3.05) is 13.2 Å². The van der Waals surface area contributed by atoms with Crippen LogP contribution in [0.4, 0.5) is 0 Å². The van der Waals surface area contributed by atoms with Gasteiger partial charge in [-0.3, -0.25) is 0 Å². The third kappa shape index (κ3) is 2.36. The van der Waals surface area contributed by atoms with Crippen LogP contribution < -0.4 is 5.73 Å². The lowest BCUT2D eigenvalue weighted by molar-refractivity contribution is 0.104. The molecule has 80 valence electrons. The second-order valence-electron chi connectivity index (χ2n) is 2.71. The average molecular weight is 210 g/mol. The van der Waals surface area contributed by atoms with Crippen LogP contribution in [-0.2, 0) is 11.3 Å². The Kier molecular flexibility index (Phi) is 3.00. The van der Waals surface area contributed by atoms with Gasteiger partial charge in [-0.15, -0.1) is 0 Å². The molecule has 0 atom stereocenters. The first-order chi connectivity index (χ1) is 7.40. The van der Waals surface area contributed by atoms with Crippen molar-refractivity contribution in [1.29, 1.82) is 0 Å². The van der Waals surface area contributed by atoms with Crippen LogP contribution in [0.15, 0.2) is 10.7 Å². The third-order valence-electron chi connectivity index (χ3n) is 1.60. The monoisotopic (exact) mass is 210 g/mol. The Morgan fingerprint density at radius 3 is 3.20 bits per heavy atom. The molecular formula is C7H10N6O2. The summed E-state index contributed by atoms with van der Waals surface area (Å²) in [7, 11) is 0. The van der Waals surface area contributed by atoms with E-state index < -0.39 is 0 Å². The van der Waals surface area contributed by atoms with Crippen LogP contribution >= 0.6 is 0 Å². The molecule has 0 amide bonds. The maximum Gasteiger partial charge on any atom is 0.253 e. The summed E-state index contributed by atoms with van der Waals surface area (Å²) in [5.74, 6) is 0.775. The summed E-state index contributed by atoms with van der Waals surface area (Å²) in [6.07, 6.45) is 1.51. The summed E-state index contributed by atoms with van der Waals surface area (Å²) >= 11 is 0. The van der Waals surface area contributed by atoms with E-state index in [-0.39, 0.29) is 6.61 Å². The zero-order valence-corrected chi connectivity index (χ0v) is 7.88. The normalized spacial score (nSPS) is 10.7. The Balaban J connectivity index is 1.98. The molecule has 2 rings (SSSR count). The number of nitrogens with one attached hydrogen (secondary N) is 1. The number of nitrogens with zero attached hydrogens (tertiary/aromatic N) is 4. The van der Waals surface area contributed by atoms with Crippen molar-refractivity contribution in [2.45, 2.75) is 6.61 Å². The predicted molar refractivity (Wildman–Crippen MR) is 48.4 cm³/mol. The van der Waals surface area contributed by atoms with Gasteiger partial charge in [-0.1, -0.05) is 5.16 Å². The second kappa shape index (κ2) is 4.62. The summed E-state index contributed by atoms with van der Waals surface area (Å²) in [4.78, 5) is 4.06. The highest BCUT2D eigenvalue weighted by Gasteiger charge is 2.10. The minimum atomic E-state index is 0.252. The Morgan fingerprint density at radius 1 is 1.53 bits per heavy atom. The highest BCUT2D eigenvalue weighted by Crippen LogP contribution is 2.10. The molecule has 0 spiro atoms. The zero-order valence-electron chi connectivity index (χ0n) is 7.88. The van der Waals surface area contributed by atoms with Crippen LogP contribution in [0, 0.1) is 0 Å². The quantitative estimate of drug-likeness (QED) is 0.628. The molecule has 2 aromatic heterocycles. The number of H-pyrrole nitrogens is 1. The molecule has 0 unspecified atom stereocenters. The lowest BCUT2D eigenvalue weighted by atomic mass is 10.5. The number of hydrogen-bond acceptors (Lipinski definition) is 7. The number of hydrogen-bond donors (Lipinski definition) is 2. The maximum atomic E-state index is 5.26. The molecule has 0 bridgehead atoms. The van der Waals surface area contributed by atoms with E-state index in [9.17, 15) is 0 Å². The molecular weight excluding hydrogens is 200 g/mol. The molecule has 8 nitrogen and oxygen atoms in total. The van der Waals surface area contributed by atoms with Crippen molar-refractivity contribution in [2.24, 2.45) is 5.73 Å². The van der Waals surface area contributed by atoms with Crippen LogP contribution in [0.25, 0.3) is 11.5 Å². The van der Waals surface area contributed by atoms with Gasteiger partial charge in [-0.25, -0.2) is 0 Å². The molecule has 0 fully saturated rings. The van der Waals surface area contributed by atoms with E-state index in [0.717, 1.165) is 0 Å². The van der Waals surface area contributed by atoms with E-state index in [1.165, 1.54) is 6.20 Å². The van der Waals surface area contributed by atoms with Crippen LogP contribution in [0.3, 0.4) is 0 Å². The molecule has 3 N–H and O–H groups in total. The summed E-state index contributed by atoms with van der Waals surface area (Å²) in [5.41, 5.74) is 5.79. The van der Waals surface area contributed by atoms with Crippen molar-refractivity contribution < 1.29 is 9.26 Å². The molecule has 0 aromatic carbocycles. The topological polar surface area (TPSA) is 116 Å². The van der Waals surface area contributed by atoms with Gasteiger partial charge < -0.3 is 15.0 Å². The number of ether oxygens (including phenoxy) is 1. The molecule has 0 aliphatic carbocycles. The van der Waals surface area contributed by atoms with E-state index in [1.807, 2.05) is 0 Å². The largest absolute Gasteiger partial charge is 0.370 e. The third-order valence-corrected chi connectivity index (χ3v) is 1.60. The van der Waals surface area contributed by atoms with Crippen LogP contribution in [-0.4, -0.2) is 38.7 Å². The minimum Gasteiger partial charge on any atom is -0.370 e. The van der Waals surface area contributed by atoms with E-state index in [4.69, 9.17) is 15.0 Å². The molecule has 2 heterocycles. The molecule has 2 aromatic rings. The van der Waals surface area contributed by atoms with Crippen LogP contribution in [0.2, 0.25) is 0 Å². The molecule has 0 aliphatic heterocycles. The first-order valence-corrected chi connectivity index (χ1v) is 4.36. The standard InChI is InChI=1S/C7H10N6O2/c8-1-2-14-4-6-10-7(12-15-6)5-3-9-13-11-5/h3H,1-2,4,8H2,(H,9,11,13). The van der Waals surface area contributed by atoms with Gasteiger partial charge in [-0.05, 0) is 0 Å². The molecule has 15 heavy (non-hydrogen) atoms. The van der Waals surface area contributed by atoms with Crippen molar-refractivity contribution in [3.8, 4) is 11.5 Å². The number of aromatic amines is 1. The second-order valence-corrected chi connectivity index (χ2v) is 2.71. The number of rotatable bonds is 5. The van der Waals surface area contributed by atoms with Gasteiger partial charge in [0.25, 0.3) is 5.89 Å². The lowest BCUT2D eigenvalue weighted by Gasteiger charge is -1.95. The van der Waals surface area contributed by atoms with E-state index in [2.05, 4.69) is 25.6 Å². The van der Waals surface area contributed by atoms with Crippen molar-refractivity contribution >= 4 is 0 Å². The van der Waals surface area contributed by atoms with E-state index in [1.54, 1.807) is 0 Å². The first kappa shape index (κ1) is 9.74. The average Bonchev–Trinajstić information content (AvgIpc) is 2.87. The highest BCUT2D eigenvalue weighted by atomic mass is 16.5. The number of aromatic nitrogens is 5. The van der Waals surface area contributed by atoms with E-state index in [0.29, 0.717) is 30.6 Å². The lowest BCUT2D eigenvalue weighted by Crippen LogP contribution is -2.08. The Bertz CT molecular complexity index is 397. The number of nitrogens with two attached hydrogens (primary N) is 1. The highest BCUT2D eigenvalue weighted by molar-refractivity contribution is 5.44. The zero-order chi connectivity index (χ0) is 10.5. The molecule has 0 saturated heterocycles. The maximum absolute atomic E-state index is 5.26. The fraction of sp³-hybridized carbons (Fsp3) is 0.429. The SMILES string of the molecule is NCCOCc1nc(-c2cn[nH]n2)no1. The fourth-order valence-electron chi connectivity index (χ4n) is 0.970.